The molecule has 4 rings (SSSR count). The Labute approximate surface area is 189 Å². The first kappa shape index (κ1) is 21.7. The van der Waals surface area contributed by atoms with Crippen molar-refractivity contribution in [2.75, 3.05) is 14.1 Å². The molecule has 1 aliphatic carbocycles. The fourth-order valence-corrected chi connectivity index (χ4v) is 5.54. The predicted octanol–water partition coefficient (Wildman–Crippen LogP) is 5.33. The van der Waals surface area contributed by atoms with Crippen molar-refractivity contribution in [3.8, 4) is 10.6 Å². The number of nitrogens with one attached hydrogen (secondary N) is 1. The molecule has 1 aromatic heterocycles. The summed E-state index contributed by atoms with van der Waals surface area (Å²) in [5.74, 6) is -0.0404. The van der Waals surface area contributed by atoms with Crippen molar-refractivity contribution in [2.45, 2.75) is 50.6 Å². The minimum Gasteiger partial charge on any atom is -0.348 e. The van der Waals surface area contributed by atoms with Gasteiger partial charge < -0.3 is 10.2 Å². The van der Waals surface area contributed by atoms with E-state index in [9.17, 15) is 4.79 Å². The first-order valence-corrected chi connectivity index (χ1v) is 11.8. The second-order valence-corrected chi connectivity index (χ2v) is 10.0. The first-order valence-electron chi connectivity index (χ1n) is 11.0. The highest BCUT2D eigenvalue weighted by Gasteiger charge is 2.37. The van der Waals surface area contributed by atoms with Crippen molar-refractivity contribution in [1.82, 2.24) is 15.2 Å². The number of amides is 1. The van der Waals surface area contributed by atoms with Gasteiger partial charge in [-0.2, -0.15) is 0 Å². The second kappa shape index (κ2) is 9.33. The standard InChI is InChI=1S/C26H31N3OS/c1-19-23(28-25(31-19)21-12-8-5-9-13-21)24(30)27-22-14-16-26(17-15-22,29(2)3)18-20-10-6-4-7-11-20/h4-13,22H,14-18H2,1-3H3,(H,27,30). The second-order valence-electron chi connectivity index (χ2n) is 8.82. The molecule has 2 aromatic carbocycles. The van der Waals surface area contributed by atoms with E-state index in [1.807, 2.05) is 37.3 Å². The molecular formula is C26H31N3OS. The Morgan fingerprint density at radius 3 is 2.29 bits per heavy atom. The van der Waals surface area contributed by atoms with Crippen LogP contribution in [0.4, 0.5) is 0 Å². The van der Waals surface area contributed by atoms with Gasteiger partial charge in [0.05, 0.1) is 0 Å². The van der Waals surface area contributed by atoms with Crippen LogP contribution in [-0.4, -0.2) is 41.5 Å². The molecule has 0 atom stereocenters. The van der Waals surface area contributed by atoms with Crippen molar-refractivity contribution < 1.29 is 4.79 Å². The fraction of sp³-hybridized carbons (Fsp3) is 0.385. The zero-order valence-corrected chi connectivity index (χ0v) is 19.4. The minimum atomic E-state index is -0.0404. The molecule has 5 heteroatoms. The maximum atomic E-state index is 13.0. The number of nitrogens with zero attached hydrogens (tertiary/aromatic N) is 2. The summed E-state index contributed by atoms with van der Waals surface area (Å²) in [4.78, 5) is 21.0. The summed E-state index contributed by atoms with van der Waals surface area (Å²) in [5.41, 5.74) is 3.16. The Morgan fingerprint density at radius 2 is 1.68 bits per heavy atom. The molecule has 3 aromatic rings. The SMILES string of the molecule is Cc1sc(-c2ccccc2)nc1C(=O)NC1CCC(Cc2ccccc2)(N(C)C)CC1. The molecule has 1 aliphatic rings. The molecule has 162 valence electrons. The number of benzene rings is 2. The van der Waals surface area contributed by atoms with Gasteiger partial charge in [-0.15, -0.1) is 11.3 Å². The fourth-order valence-electron chi connectivity index (χ4n) is 4.62. The third kappa shape index (κ3) is 4.89. The summed E-state index contributed by atoms with van der Waals surface area (Å²) in [7, 11) is 4.37. The van der Waals surface area contributed by atoms with Crippen molar-refractivity contribution >= 4 is 17.2 Å². The number of carbonyl (C=O) groups is 1. The Balaban J connectivity index is 1.40. The predicted molar refractivity (Wildman–Crippen MR) is 129 cm³/mol. The van der Waals surface area contributed by atoms with Crippen LogP contribution in [0.25, 0.3) is 10.6 Å². The number of hydrogen-bond donors (Lipinski definition) is 1. The highest BCUT2D eigenvalue weighted by molar-refractivity contribution is 7.15. The maximum Gasteiger partial charge on any atom is 0.271 e. The third-order valence-electron chi connectivity index (χ3n) is 6.61. The number of aromatic nitrogens is 1. The minimum absolute atomic E-state index is 0.0404. The van der Waals surface area contributed by atoms with E-state index in [2.05, 4.69) is 59.6 Å². The van der Waals surface area contributed by atoms with Crippen LogP contribution in [0.2, 0.25) is 0 Å². The number of hydrogen-bond acceptors (Lipinski definition) is 4. The van der Waals surface area contributed by atoms with E-state index < -0.39 is 0 Å². The number of likely N-dealkylation sites (N-methyl/N-ethyl adjacent to an activating group) is 1. The lowest BCUT2D eigenvalue weighted by atomic mass is 9.75. The molecule has 0 unspecified atom stereocenters. The van der Waals surface area contributed by atoms with Crippen molar-refractivity contribution in [2.24, 2.45) is 0 Å². The summed E-state index contributed by atoms with van der Waals surface area (Å²) in [6.07, 6.45) is 5.18. The van der Waals surface area contributed by atoms with Gasteiger partial charge in [0.25, 0.3) is 5.91 Å². The van der Waals surface area contributed by atoms with Crippen LogP contribution in [0.1, 0.15) is 46.6 Å². The molecule has 0 radical (unpaired) electrons. The van der Waals surface area contributed by atoms with Gasteiger partial charge in [0.2, 0.25) is 0 Å². The Bertz CT molecular complexity index is 1010. The summed E-state index contributed by atoms with van der Waals surface area (Å²) >= 11 is 1.58. The van der Waals surface area contributed by atoms with Crippen LogP contribution in [0, 0.1) is 6.92 Å². The molecular weight excluding hydrogens is 402 g/mol. The van der Waals surface area contributed by atoms with Gasteiger partial charge in [0.1, 0.15) is 10.7 Å². The first-order chi connectivity index (χ1) is 15.0. The van der Waals surface area contributed by atoms with Gasteiger partial charge in [-0.05, 0) is 58.7 Å². The van der Waals surface area contributed by atoms with E-state index in [4.69, 9.17) is 0 Å². The van der Waals surface area contributed by atoms with Crippen LogP contribution >= 0.6 is 11.3 Å². The molecule has 31 heavy (non-hydrogen) atoms. The molecule has 0 saturated heterocycles. The van der Waals surface area contributed by atoms with Crippen LogP contribution in [0.3, 0.4) is 0 Å². The lowest BCUT2D eigenvalue weighted by Gasteiger charge is -2.45. The largest absolute Gasteiger partial charge is 0.348 e. The number of rotatable bonds is 6. The van der Waals surface area contributed by atoms with Gasteiger partial charge in [-0.25, -0.2) is 4.98 Å². The van der Waals surface area contributed by atoms with E-state index >= 15 is 0 Å². The molecule has 1 saturated carbocycles. The average molecular weight is 434 g/mol. The molecule has 1 amide bonds. The van der Waals surface area contributed by atoms with E-state index in [-0.39, 0.29) is 17.5 Å². The normalized spacial score (nSPS) is 21.2. The average Bonchev–Trinajstić information content (AvgIpc) is 3.18. The third-order valence-corrected chi connectivity index (χ3v) is 7.63. The summed E-state index contributed by atoms with van der Waals surface area (Å²) in [6, 6.07) is 21.0. The molecule has 0 aliphatic heterocycles. The number of thiazole rings is 1. The Hall–Kier alpha value is -2.50. The molecule has 1 N–H and O–H groups in total. The molecule has 4 nitrogen and oxygen atoms in total. The van der Waals surface area contributed by atoms with E-state index in [0.717, 1.165) is 47.6 Å². The summed E-state index contributed by atoms with van der Waals surface area (Å²) in [5, 5.41) is 4.17. The Morgan fingerprint density at radius 1 is 1.06 bits per heavy atom. The van der Waals surface area contributed by atoms with Crippen LogP contribution in [0.5, 0.6) is 0 Å². The lowest BCUT2D eigenvalue weighted by Crippen LogP contribution is -2.52. The smallest absolute Gasteiger partial charge is 0.271 e. The topological polar surface area (TPSA) is 45.2 Å². The number of aryl methyl sites for hydroxylation is 1. The molecule has 0 bridgehead atoms. The van der Waals surface area contributed by atoms with Gasteiger partial charge >= 0.3 is 0 Å². The molecule has 1 fully saturated rings. The van der Waals surface area contributed by atoms with Gasteiger partial charge in [0.15, 0.2) is 0 Å². The van der Waals surface area contributed by atoms with Crippen molar-refractivity contribution in [3.63, 3.8) is 0 Å². The van der Waals surface area contributed by atoms with Crippen LogP contribution < -0.4 is 5.32 Å². The van der Waals surface area contributed by atoms with E-state index in [1.54, 1.807) is 11.3 Å². The van der Waals surface area contributed by atoms with Gasteiger partial charge in [0, 0.05) is 22.0 Å². The van der Waals surface area contributed by atoms with Gasteiger partial charge in [-0.1, -0.05) is 60.7 Å². The van der Waals surface area contributed by atoms with Crippen LogP contribution in [-0.2, 0) is 6.42 Å². The summed E-state index contributed by atoms with van der Waals surface area (Å²) < 4.78 is 0. The highest BCUT2D eigenvalue weighted by atomic mass is 32.1. The number of carbonyl (C=O) groups excluding carboxylic acids is 1. The van der Waals surface area contributed by atoms with Crippen molar-refractivity contribution in [1.29, 1.82) is 0 Å². The van der Waals surface area contributed by atoms with E-state index in [1.165, 1.54) is 5.56 Å². The lowest BCUT2D eigenvalue weighted by molar-refractivity contribution is 0.0767. The quantitative estimate of drug-likeness (QED) is 0.571. The monoisotopic (exact) mass is 433 g/mol. The zero-order valence-electron chi connectivity index (χ0n) is 18.6. The molecule has 0 spiro atoms. The van der Waals surface area contributed by atoms with Crippen LogP contribution in [0.15, 0.2) is 60.7 Å². The molecule has 1 heterocycles. The van der Waals surface area contributed by atoms with E-state index in [0.29, 0.717) is 5.69 Å². The van der Waals surface area contributed by atoms with Gasteiger partial charge in [-0.3, -0.25) is 4.79 Å². The Kier molecular flexibility index (Phi) is 6.54. The highest BCUT2D eigenvalue weighted by Crippen LogP contribution is 2.36. The zero-order chi connectivity index (χ0) is 21.8. The summed E-state index contributed by atoms with van der Waals surface area (Å²) in [6.45, 7) is 1.98. The maximum absolute atomic E-state index is 13.0. The van der Waals surface area contributed by atoms with Crippen molar-refractivity contribution in [3.05, 3.63) is 76.8 Å².